The summed E-state index contributed by atoms with van der Waals surface area (Å²) in [5.74, 6) is -0.892. The summed E-state index contributed by atoms with van der Waals surface area (Å²) >= 11 is 0. The van der Waals surface area contributed by atoms with Crippen molar-refractivity contribution in [1.29, 1.82) is 0 Å². The van der Waals surface area contributed by atoms with Crippen molar-refractivity contribution in [2.75, 3.05) is 26.4 Å². The molecule has 10 heteroatoms. The second-order valence-corrected chi connectivity index (χ2v) is 17.8. The zero-order chi connectivity index (χ0) is 44.6. The van der Waals surface area contributed by atoms with Crippen molar-refractivity contribution >= 4 is 19.8 Å². The van der Waals surface area contributed by atoms with E-state index in [4.69, 9.17) is 24.3 Å². The molecule has 0 aliphatic heterocycles. The van der Waals surface area contributed by atoms with Gasteiger partial charge in [-0.3, -0.25) is 18.6 Å². The molecule has 0 aliphatic rings. The Morgan fingerprint density at radius 2 is 0.902 bits per heavy atom. The lowest BCUT2D eigenvalue weighted by atomic mass is 10.0. The van der Waals surface area contributed by atoms with E-state index in [1.54, 1.807) is 0 Å². The van der Waals surface area contributed by atoms with E-state index in [0.717, 1.165) is 57.8 Å². The number of carbonyl (C=O) groups is 2. The van der Waals surface area contributed by atoms with Crippen molar-refractivity contribution in [3.8, 4) is 0 Å². The second kappa shape index (κ2) is 47.2. The summed E-state index contributed by atoms with van der Waals surface area (Å²) < 4.78 is 32.8. The van der Waals surface area contributed by atoms with E-state index in [0.29, 0.717) is 12.8 Å². The maximum atomic E-state index is 12.6. The van der Waals surface area contributed by atoms with E-state index in [9.17, 15) is 19.0 Å². The third kappa shape index (κ3) is 47.0. The van der Waals surface area contributed by atoms with E-state index >= 15 is 0 Å². The van der Waals surface area contributed by atoms with Crippen LogP contribution in [0.1, 0.15) is 219 Å². The SMILES string of the molecule is CC/C=C/C/C=C/C/C=C/C/C=C/C/C=C/CCCC(=O)OC[C@H](COP(=O)(O)OCCN)OC(=O)CCCCCCCCCCCCCCCCCCCCCCCCC. The van der Waals surface area contributed by atoms with Gasteiger partial charge >= 0.3 is 19.8 Å². The minimum absolute atomic E-state index is 0.0448. The molecule has 0 saturated carbocycles. The van der Waals surface area contributed by atoms with Crippen molar-refractivity contribution in [2.24, 2.45) is 5.73 Å². The molecule has 0 saturated heterocycles. The van der Waals surface area contributed by atoms with Gasteiger partial charge in [-0.25, -0.2) is 4.57 Å². The minimum atomic E-state index is -4.39. The van der Waals surface area contributed by atoms with Crippen LogP contribution >= 0.6 is 7.82 Å². The quantitative estimate of drug-likeness (QED) is 0.0265. The number of phosphoric ester groups is 1. The summed E-state index contributed by atoms with van der Waals surface area (Å²) in [5, 5.41) is 0. The van der Waals surface area contributed by atoms with Crippen LogP contribution in [0.2, 0.25) is 0 Å². The Labute approximate surface area is 374 Å². The van der Waals surface area contributed by atoms with Gasteiger partial charge in [0.05, 0.1) is 13.2 Å². The summed E-state index contributed by atoms with van der Waals surface area (Å²) in [6.07, 6.45) is 57.0. The van der Waals surface area contributed by atoms with Crippen LogP contribution in [0.25, 0.3) is 0 Å². The van der Waals surface area contributed by atoms with Crippen LogP contribution in [0, 0.1) is 0 Å². The molecule has 2 atom stereocenters. The normalized spacial score (nSPS) is 13.7. The maximum absolute atomic E-state index is 12.6. The van der Waals surface area contributed by atoms with E-state index in [1.807, 2.05) is 6.08 Å². The lowest BCUT2D eigenvalue weighted by Crippen LogP contribution is -2.29. The first-order chi connectivity index (χ1) is 29.8. The molecular weight excluding hydrogens is 786 g/mol. The first kappa shape index (κ1) is 58.7. The number of esters is 2. The first-order valence-corrected chi connectivity index (χ1v) is 26.3. The summed E-state index contributed by atoms with van der Waals surface area (Å²) in [6, 6.07) is 0. The Hall–Kier alpha value is -2.29. The molecule has 0 aromatic rings. The standard InChI is InChI=1S/C51H92NO8P/c1-3-5-7-9-11-13-15-17-19-21-22-23-24-25-26-28-30-32-34-36-38-40-42-44-51(54)60-49(48-59-61(55,56)58-46-45-52)47-57-50(53)43-41-39-37-35-33-31-29-27-20-18-16-14-12-10-8-6-4-2/h6,8,12,14,18,20,29,31,35,37,49H,3-5,7,9-11,13,15-17,19,21-28,30,32-34,36,38-48,52H2,1-2H3,(H,55,56)/b8-6+,14-12+,20-18+,31-29+,37-35+/t49-/m1/s1. The van der Waals surface area contributed by atoms with Gasteiger partial charge in [0.25, 0.3) is 0 Å². The molecule has 0 heterocycles. The summed E-state index contributed by atoms with van der Waals surface area (Å²) in [5.41, 5.74) is 5.36. The molecule has 0 amide bonds. The van der Waals surface area contributed by atoms with Crippen LogP contribution in [0.5, 0.6) is 0 Å². The zero-order valence-electron chi connectivity index (χ0n) is 39.1. The fourth-order valence-corrected chi connectivity index (χ4v) is 7.55. The van der Waals surface area contributed by atoms with Gasteiger partial charge in [0.15, 0.2) is 6.10 Å². The number of rotatable bonds is 46. The van der Waals surface area contributed by atoms with Gasteiger partial charge < -0.3 is 20.1 Å². The lowest BCUT2D eigenvalue weighted by Gasteiger charge is -2.19. The molecule has 0 fully saturated rings. The Bertz CT molecular complexity index is 1180. The number of hydrogen-bond donors (Lipinski definition) is 2. The van der Waals surface area contributed by atoms with Crippen LogP contribution in [0.4, 0.5) is 0 Å². The van der Waals surface area contributed by atoms with Gasteiger partial charge in [-0.1, -0.05) is 216 Å². The summed E-state index contributed by atoms with van der Waals surface area (Å²) in [4.78, 5) is 35.0. The highest BCUT2D eigenvalue weighted by Crippen LogP contribution is 2.43. The van der Waals surface area contributed by atoms with E-state index in [-0.39, 0.29) is 32.6 Å². The molecule has 0 radical (unpaired) electrons. The predicted octanol–water partition coefficient (Wildman–Crippen LogP) is 14.8. The predicted molar refractivity (Wildman–Crippen MR) is 256 cm³/mol. The number of hydrogen-bond acceptors (Lipinski definition) is 8. The van der Waals surface area contributed by atoms with Crippen molar-refractivity contribution in [1.82, 2.24) is 0 Å². The third-order valence-corrected chi connectivity index (χ3v) is 11.4. The Kier molecular flexibility index (Phi) is 45.4. The number of allylic oxidation sites excluding steroid dienone is 10. The van der Waals surface area contributed by atoms with Crippen LogP contribution in [-0.2, 0) is 32.7 Å². The molecule has 0 aliphatic carbocycles. The molecule has 1 unspecified atom stereocenters. The van der Waals surface area contributed by atoms with Crippen LogP contribution in [0.15, 0.2) is 60.8 Å². The van der Waals surface area contributed by atoms with Gasteiger partial charge in [-0.15, -0.1) is 0 Å². The highest BCUT2D eigenvalue weighted by molar-refractivity contribution is 7.47. The summed E-state index contributed by atoms with van der Waals surface area (Å²) in [6.45, 7) is 3.58. The van der Waals surface area contributed by atoms with Gasteiger partial charge in [0.2, 0.25) is 0 Å². The van der Waals surface area contributed by atoms with Gasteiger partial charge in [-0.05, 0) is 51.4 Å². The average molecular weight is 878 g/mol. The Morgan fingerprint density at radius 1 is 0.508 bits per heavy atom. The second-order valence-electron chi connectivity index (χ2n) is 16.3. The number of nitrogens with two attached hydrogens (primary N) is 1. The summed E-state index contributed by atoms with van der Waals surface area (Å²) in [7, 11) is -4.39. The average Bonchev–Trinajstić information content (AvgIpc) is 3.25. The topological polar surface area (TPSA) is 134 Å². The van der Waals surface area contributed by atoms with E-state index in [1.165, 1.54) is 122 Å². The number of ether oxygens (including phenoxy) is 2. The molecule has 0 rings (SSSR count). The fourth-order valence-electron chi connectivity index (χ4n) is 6.79. The molecule has 3 N–H and O–H groups in total. The highest BCUT2D eigenvalue weighted by Gasteiger charge is 2.26. The van der Waals surface area contributed by atoms with Crippen LogP contribution in [-0.4, -0.2) is 49.3 Å². The molecule has 0 aromatic carbocycles. The van der Waals surface area contributed by atoms with Crippen molar-refractivity contribution in [2.45, 2.75) is 225 Å². The number of unbranched alkanes of at least 4 members (excludes halogenated alkanes) is 23. The molecule has 354 valence electrons. The van der Waals surface area contributed by atoms with E-state index < -0.39 is 32.5 Å². The Balaban J connectivity index is 4.10. The lowest BCUT2D eigenvalue weighted by molar-refractivity contribution is -0.161. The fraction of sp³-hybridized carbons (Fsp3) is 0.765. The maximum Gasteiger partial charge on any atom is 0.472 e. The van der Waals surface area contributed by atoms with Gasteiger partial charge in [-0.2, -0.15) is 0 Å². The van der Waals surface area contributed by atoms with Crippen LogP contribution < -0.4 is 5.73 Å². The highest BCUT2D eigenvalue weighted by atomic mass is 31.2. The molecule has 9 nitrogen and oxygen atoms in total. The molecule has 61 heavy (non-hydrogen) atoms. The van der Waals surface area contributed by atoms with Gasteiger partial charge in [0, 0.05) is 19.4 Å². The molecule has 0 bridgehead atoms. The molecule has 0 aromatic heterocycles. The first-order valence-electron chi connectivity index (χ1n) is 24.8. The third-order valence-electron chi connectivity index (χ3n) is 10.4. The van der Waals surface area contributed by atoms with Crippen molar-refractivity contribution in [3.63, 3.8) is 0 Å². The van der Waals surface area contributed by atoms with Gasteiger partial charge in [0.1, 0.15) is 6.61 Å². The minimum Gasteiger partial charge on any atom is -0.462 e. The van der Waals surface area contributed by atoms with Crippen LogP contribution in [0.3, 0.4) is 0 Å². The molecule has 0 spiro atoms. The monoisotopic (exact) mass is 878 g/mol. The van der Waals surface area contributed by atoms with Crippen molar-refractivity contribution in [3.05, 3.63) is 60.8 Å². The molecular formula is C51H92NO8P. The van der Waals surface area contributed by atoms with E-state index in [2.05, 4.69) is 68.5 Å². The largest absolute Gasteiger partial charge is 0.472 e. The van der Waals surface area contributed by atoms with Crippen molar-refractivity contribution < 1.29 is 37.6 Å². The number of carbonyl (C=O) groups excluding carboxylic acids is 2. The Morgan fingerprint density at radius 3 is 1.33 bits per heavy atom. The smallest absolute Gasteiger partial charge is 0.462 e. The number of phosphoric acid groups is 1. The zero-order valence-corrected chi connectivity index (χ0v) is 40.0.